The van der Waals surface area contributed by atoms with Crippen LogP contribution in [0.3, 0.4) is 0 Å². The number of anilines is 1. The van der Waals surface area contributed by atoms with E-state index in [-0.39, 0.29) is 36.8 Å². The van der Waals surface area contributed by atoms with Crippen molar-refractivity contribution in [2.75, 3.05) is 12.8 Å². The topological polar surface area (TPSA) is 77.2 Å². The summed E-state index contributed by atoms with van der Waals surface area (Å²) in [5, 5.41) is 5.65. The number of aromatic nitrogens is 1. The van der Waals surface area contributed by atoms with Gasteiger partial charge in [0.05, 0.1) is 12.2 Å². The van der Waals surface area contributed by atoms with E-state index in [9.17, 15) is 4.79 Å². The van der Waals surface area contributed by atoms with Gasteiger partial charge in [-0.3, -0.25) is 4.79 Å². The second kappa shape index (κ2) is 9.63. The Morgan fingerprint density at radius 3 is 2.82 bits per heavy atom. The van der Waals surface area contributed by atoms with Crippen molar-refractivity contribution in [2.45, 2.75) is 19.6 Å². The third-order valence-corrected chi connectivity index (χ3v) is 3.90. The molecule has 1 unspecified atom stereocenters. The summed E-state index contributed by atoms with van der Waals surface area (Å²) in [7, 11) is 1.65. The van der Waals surface area contributed by atoms with Gasteiger partial charge >= 0.3 is 0 Å². The van der Waals surface area contributed by atoms with Gasteiger partial charge < -0.3 is 15.8 Å². The molecule has 0 aliphatic heterocycles. The fourth-order valence-corrected chi connectivity index (χ4v) is 2.49. The van der Waals surface area contributed by atoms with Crippen LogP contribution in [-0.4, -0.2) is 18.0 Å². The minimum atomic E-state index is -0.161. The van der Waals surface area contributed by atoms with Gasteiger partial charge in [-0.05, 0) is 25.1 Å². The molecule has 0 bridgehead atoms. The molecule has 1 aromatic heterocycles. The Morgan fingerprint density at radius 1 is 1.45 bits per heavy atom. The molecule has 1 atom stereocenters. The number of carbonyl (C=O) groups excluding carboxylic acids is 1. The average molecular weight is 364 g/mol. The second-order valence-corrected chi connectivity index (χ2v) is 5.25. The van der Waals surface area contributed by atoms with Gasteiger partial charge in [0.15, 0.2) is 0 Å². The molecule has 0 aliphatic rings. The minimum absolute atomic E-state index is 0. The van der Waals surface area contributed by atoms with Crippen LogP contribution in [-0.2, 0) is 11.3 Å². The fourth-order valence-electron chi connectivity index (χ4n) is 1.64. The summed E-state index contributed by atoms with van der Waals surface area (Å²) in [5.74, 6) is -0.161. The number of amides is 1. The summed E-state index contributed by atoms with van der Waals surface area (Å²) < 4.78 is 5.20. The van der Waals surface area contributed by atoms with Crippen molar-refractivity contribution >= 4 is 47.7 Å². The summed E-state index contributed by atoms with van der Waals surface area (Å²) in [4.78, 5) is 16.4. The second-order valence-electron chi connectivity index (χ2n) is 4.36. The number of ether oxygens (including phenoxy) is 1. The summed E-state index contributed by atoms with van der Waals surface area (Å²) in [5.41, 5.74) is 7.59. The lowest BCUT2D eigenvalue weighted by atomic mass is 10.2. The third kappa shape index (κ3) is 5.46. The number of nitrogen functional groups attached to an aromatic ring is 1. The van der Waals surface area contributed by atoms with E-state index < -0.39 is 0 Å². The lowest BCUT2D eigenvalue weighted by Gasteiger charge is -2.05. The molecule has 3 N–H and O–H groups in total. The Kier molecular flexibility index (Phi) is 9.04. The van der Waals surface area contributed by atoms with E-state index in [1.54, 1.807) is 31.4 Å². The standard InChI is InChI=1S/C14H17N3O2S.2ClH/c1-9(19-2)14-17-12(8-20-14)7-16-13(18)10-4-3-5-11(15)6-10;;/h3-6,8-9H,7,15H2,1-2H3,(H,16,18);2*1H. The molecule has 1 heterocycles. The van der Waals surface area contributed by atoms with Gasteiger partial charge in [-0.15, -0.1) is 36.2 Å². The molecule has 0 fully saturated rings. The number of carbonyl (C=O) groups is 1. The Bertz CT molecular complexity index is 607. The Balaban J connectivity index is 0.00000220. The highest BCUT2D eigenvalue weighted by Crippen LogP contribution is 2.20. The van der Waals surface area contributed by atoms with Crippen LogP contribution in [0.1, 0.15) is 34.1 Å². The molecular weight excluding hydrogens is 345 g/mol. The largest absolute Gasteiger partial charge is 0.399 e. The first-order chi connectivity index (χ1) is 9.60. The maximum absolute atomic E-state index is 12.0. The Labute approximate surface area is 146 Å². The first-order valence-electron chi connectivity index (χ1n) is 6.21. The van der Waals surface area contributed by atoms with Crippen molar-refractivity contribution in [3.05, 3.63) is 45.9 Å². The predicted octanol–water partition coefficient (Wildman–Crippen LogP) is 3.21. The van der Waals surface area contributed by atoms with Crippen LogP contribution in [0.25, 0.3) is 0 Å². The SMILES string of the molecule is COC(C)c1nc(CNC(=O)c2cccc(N)c2)cs1.Cl.Cl. The van der Waals surface area contributed by atoms with Crippen molar-refractivity contribution in [3.63, 3.8) is 0 Å². The number of thiazole rings is 1. The van der Waals surface area contributed by atoms with Gasteiger partial charge in [-0.2, -0.15) is 0 Å². The molecule has 2 aromatic rings. The van der Waals surface area contributed by atoms with E-state index in [0.717, 1.165) is 10.7 Å². The van der Waals surface area contributed by atoms with E-state index in [1.165, 1.54) is 11.3 Å². The van der Waals surface area contributed by atoms with Crippen LogP contribution in [0.4, 0.5) is 5.69 Å². The van der Waals surface area contributed by atoms with Gasteiger partial charge in [-0.25, -0.2) is 4.98 Å². The number of hydrogen-bond acceptors (Lipinski definition) is 5. The van der Waals surface area contributed by atoms with Crippen molar-refractivity contribution < 1.29 is 9.53 Å². The lowest BCUT2D eigenvalue weighted by Crippen LogP contribution is -2.23. The highest BCUT2D eigenvalue weighted by Gasteiger charge is 2.10. The van der Waals surface area contributed by atoms with Crippen LogP contribution in [0.2, 0.25) is 0 Å². The number of nitrogens with two attached hydrogens (primary N) is 1. The van der Waals surface area contributed by atoms with Gasteiger partial charge in [0.1, 0.15) is 11.1 Å². The molecule has 1 aromatic carbocycles. The average Bonchev–Trinajstić information content (AvgIpc) is 2.92. The van der Waals surface area contributed by atoms with E-state index in [2.05, 4.69) is 10.3 Å². The Morgan fingerprint density at radius 2 is 2.18 bits per heavy atom. The van der Waals surface area contributed by atoms with Gasteiger partial charge in [0.2, 0.25) is 0 Å². The molecule has 5 nitrogen and oxygen atoms in total. The summed E-state index contributed by atoms with van der Waals surface area (Å²) >= 11 is 1.52. The number of benzene rings is 1. The highest BCUT2D eigenvalue weighted by molar-refractivity contribution is 7.09. The molecule has 0 saturated carbocycles. The number of rotatable bonds is 5. The van der Waals surface area contributed by atoms with E-state index in [4.69, 9.17) is 10.5 Å². The molecule has 0 saturated heterocycles. The van der Waals surface area contributed by atoms with E-state index in [0.29, 0.717) is 17.8 Å². The molecule has 122 valence electrons. The number of methoxy groups -OCH3 is 1. The van der Waals surface area contributed by atoms with Crippen LogP contribution in [0.15, 0.2) is 29.6 Å². The number of nitrogens with one attached hydrogen (secondary N) is 1. The first-order valence-corrected chi connectivity index (χ1v) is 7.09. The van der Waals surface area contributed by atoms with Gasteiger partial charge in [-0.1, -0.05) is 6.07 Å². The third-order valence-electron chi connectivity index (χ3n) is 2.85. The zero-order valence-corrected chi connectivity index (χ0v) is 14.7. The zero-order chi connectivity index (χ0) is 14.5. The molecule has 0 aliphatic carbocycles. The molecular formula is C14H19Cl2N3O2S. The minimum Gasteiger partial charge on any atom is -0.399 e. The van der Waals surface area contributed by atoms with Gasteiger partial charge in [0, 0.05) is 23.7 Å². The molecule has 0 radical (unpaired) electrons. The maximum Gasteiger partial charge on any atom is 0.251 e. The number of halogens is 2. The predicted molar refractivity (Wildman–Crippen MR) is 94.1 cm³/mol. The van der Waals surface area contributed by atoms with Crippen molar-refractivity contribution in [3.8, 4) is 0 Å². The summed E-state index contributed by atoms with van der Waals surface area (Å²) in [6.07, 6.45) is -0.0293. The van der Waals surface area contributed by atoms with Crippen molar-refractivity contribution in [1.82, 2.24) is 10.3 Å². The number of hydrogen-bond donors (Lipinski definition) is 2. The summed E-state index contributed by atoms with van der Waals surface area (Å²) in [6.45, 7) is 2.33. The van der Waals surface area contributed by atoms with E-state index in [1.807, 2.05) is 12.3 Å². The summed E-state index contributed by atoms with van der Waals surface area (Å²) in [6, 6.07) is 6.88. The highest BCUT2D eigenvalue weighted by atomic mass is 35.5. The van der Waals surface area contributed by atoms with Crippen LogP contribution < -0.4 is 11.1 Å². The quantitative estimate of drug-likeness (QED) is 0.799. The van der Waals surface area contributed by atoms with Crippen molar-refractivity contribution in [1.29, 1.82) is 0 Å². The lowest BCUT2D eigenvalue weighted by molar-refractivity contribution is 0.0950. The molecule has 22 heavy (non-hydrogen) atoms. The van der Waals surface area contributed by atoms with Crippen molar-refractivity contribution in [2.24, 2.45) is 0 Å². The first kappa shape index (κ1) is 20.7. The van der Waals surface area contributed by atoms with Crippen LogP contribution in [0.5, 0.6) is 0 Å². The number of nitrogens with zero attached hydrogens (tertiary/aromatic N) is 1. The normalized spacial score (nSPS) is 11.0. The van der Waals surface area contributed by atoms with E-state index >= 15 is 0 Å². The fraction of sp³-hybridized carbons (Fsp3) is 0.286. The molecule has 1 amide bonds. The molecule has 8 heteroatoms. The maximum atomic E-state index is 12.0. The molecule has 2 rings (SSSR count). The van der Waals surface area contributed by atoms with Crippen LogP contribution >= 0.6 is 36.2 Å². The Hall–Kier alpha value is -1.34. The van der Waals surface area contributed by atoms with Crippen LogP contribution in [0, 0.1) is 0 Å². The van der Waals surface area contributed by atoms with Gasteiger partial charge in [0.25, 0.3) is 5.91 Å². The monoisotopic (exact) mass is 363 g/mol. The molecule has 0 spiro atoms. The smallest absolute Gasteiger partial charge is 0.251 e. The zero-order valence-electron chi connectivity index (χ0n) is 12.2.